The highest BCUT2D eigenvalue weighted by Gasteiger charge is 2.13. The molecule has 0 bridgehead atoms. The number of benzene rings is 2. The highest BCUT2D eigenvalue weighted by Crippen LogP contribution is 2.14. The van der Waals surface area contributed by atoms with Gasteiger partial charge in [-0.25, -0.2) is 13.1 Å². The predicted octanol–water partition coefficient (Wildman–Crippen LogP) is 2.78. The molecule has 7 heteroatoms. The van der Waals surface area contributed by atoms with Crippen molar-refractivity contribution in [3.63, 3.8) is 0 Å². The maximum Gasteiger partial charge on any atom is 0.240 e. The number of para-hydroxylation sites is 1. The first-order valence-corrected chi connectivity index (χ1v) is 9.57. The fourth-order valence-electron chi connectivity index (χ4n) is 2.04. The molecule has 0 saturated heterocycles. The Hall–Kier alpha value is -2.38. The lowest BCUT2D eigenvalue weighted by molar-refractivity contribution is -0.115. The van der Waals surface area contributed by atoms with Gasteiger partial charge in [0.15, 0.2) is 0 Å². The Bertz CT molecular complexity index is 774. The topological polar surface area (TPSA) is 84.5 Å². The summed E-state index contributed by atoms with van der Waals surface area (Å²) in [4.78, 5) is 11.5. The monoisotopic (exact) mass is 362 g/mol. The van der Waals surface area contributed by atoms with E-state index in [9.17, 15) is 13.2 Å². The molecule has 2 rings (SSSR count). The van der Waals surface area contributed by atoms with Crippen LogP contribution in [0.2, 0.25) is 0 Å². The summed E-state index contributed by atoms with van der Waals surface area (Å²) >= 11 is 0. The van der Waals surface area contributed by atoms with Crippen LogP contribution >= 0.6 is 0 Å². The van der Waals surface area contributed by atoms with E-state index in [1.165, 1.54) is 12.1 Å². The average Bonchev–Trinajstić information content (AvgIpc) is 2.62. The van der Waals surface area contributed by atoms with Gasteiger partial charge in [-0.15, -0.1) is 0 Å². The van der Waals surface area contributed by atoms with Crippen molar-refractivity contribution >= 4 is 21.6 Å². The van der Waals surface area contributed by atoms with Gasteiger partial charge in [-0.1, -0.05) is 25.1 Å². The molecule has 0 atom stereocenters. The Labute approximate surface area is 148 Å². The molecule has 1 amide bonds. The number of hydrogen-bond donors (Lipinski definition) is 2. The smallest absolute Gasteiger partial charge is 0.240 e. The molecule has 2 aromatic carbocycles. The zero-order chi connectivity index (χ0) is 18.1. The molecule has 0 aliphatic carbocycles. The largest absolute Gasteiger partial charge is 0.494 e. The van der Waals surface area contributed by atoms with Crippen molar-refractivity contribution in [1.82, 2.24) is 4.72 Å². The number of carbonyl (C=O) groups is 1. The Kier molecular flexibility index (Phi) is 6.97. The summed E-state index contributed by atoms with van der Waals surface area (Å²) < 4.78 is 32.5. The molecule has 134 valence electrons. The van der Waals surface area contributed by atoms with Crippen molar-refractivity contribution in [3.8, 4) is 5.75 Å². The van der Waals surface area contributed by atoms with Crippen molar-refractivity contribution in [2.24, 2.45) is 0 Å². The molecule has 6 nitrogen and oxygen atoms in total. The lowest BCUT2D eigenvalue weighted by Crippen LogP contribution is -2.25. The quantitative estimate of drug-likeness (QED) is 0.672. The maximum atomic E-state index is 12.2. The van der Waals surface area contributed by atoms with Crippen LogP contribution < -0.4 is 14.8 Å². The van der Waals surface area contributed by atoms with Crippen LogP contribution in [-0.2, 0) is 14.8 Å². The minimum Gasteiger partial charge on any atom is -0.494 e. The summed E-state index contributed by atoms with van der Waals surface area (Å²) in [5, 5.41) is 2.68. The van der Waals surface area contributed by atoms with Gasteiger partial charge in [-0.2, -0.15) is 0 Å². The second-order valence-electron chi connectivity index (χ2n) is 5.34. The van der Waals surface area contributed by atoms with Crippen LogP contribution in [0, 0.1) is 0 Å². The van der Waals surface area contributed by atoms with E-state index in [4.69, 9.17) is 4.74 Å². The van der Waals surface area contributed by atoms with Gasteiger partial charge in [0.2, 0.25) is 15.9 Å². The summed E-state index contributed by atoms with van der Waals surface area (Å²) in [5.74, 6) is 0.641. The number of sulfonamides is 1. The van der Waals surface area contributed by atoms with Crippen LogP contribution in [0.15, 0.2) is 59.5 Å². The third-order valence-electron chi connectivity index (χ3n) is 3.39. The third-order valence-corrected chi connectivity index (χ3v) is 4.87. The van der Waals surface area contributed by atoms with Gasteiger partial charge >= 0.3 is 0 Å². The number of hydrogen-bond acceptors (Lipinski definition) is 4. The van der Waals surface area contributed by atoms with Crippen LogP contribution in [0.1, 0.15) is 19.8 Å². The first-order valence-electron chi connectivity index (χ1n) is 8.08. The lowest BCUT2D eigenvalue weighted by atomic mass is 10.3. The molecule has 0 spiro atoms. The van der Waals surface area contributed by atoms with E-state index >= 15 is 0 Å². The Balaban J connectivity index is 1.79. The van der Waals surface area contributed by atoms with Crippen LogP contribution in [0.3, 0.4) is 0 Å². The van der Waals surface area contributed by atoms with Gasteiger partial charge in [-0.3, -0.25) is 4.79 Å². The molecular weight excluding hydrogens is 340 g/mol. The van der Waals surface area contributed by atoms with E-state index in [0.717, 1.165) is 5.75 Å². The molecule has 2 N–H and O–H groups in total. The zero-order valence-electron chi connectivity index (χ0n) is 14.1. The minimum atomic E-state index is -3.57. The van der Waals surface area contributed by atoms with E-state index < -0.39 is 10.0 Å². The van der Waals surface area contributed by atoms with Gasteiger partial charge in [0.25, 0.3) is 0 Å². The highest BCUT2D eigenvalue weighted by atomic mass is 32.2. The molecule has 25 heavy (non-hydrogen) atoms. The summed E-state index contributed by atoms with van der Waals surface area (Å²) in [5.41, 5.74) is 0.571. The predicted molar refractivity (Wildman–Crippen MR) is 97.1 cm³/mol. The summed E-state index contributed by atoms with van der Waals surface area (Å²) in [6.45, 7) is 2.46. The second-order valence-corrected chi connectivity index (χ2v) is 7.11. The standard InChI is InChI=1S/C18H22N2O4S/c1-2-18(21)20-15-9-11-17(12-10-15)25(22,23)19-13-6-14-24-16-7-4-3-5-8-16/h3-5,7-12,19H,2,6,13-14H2,1H3,(H,20,21). The van der Waals surface area contributed by atoms with Gasteiger partial charge < -0.3 is 10.1 Å². The molecule has 2 aromatic rings. The van der Waals surface area contributed by atoms with E-state index in [0.29, 0.717) is 25.1 Å². The number of rotatable bonds is 9. The molecule has 0 aromatic heterocycles. The summed E-state index contributed by atoms with van der Waals surface area (Å²) in [6.07, 6.45) is 0.922. The normalized spacial score (nSPS) is 11.1. The summed E-state index contributed by atoms with van der Waals surface area (Å²) in [6, 6.07) is 15.4. The fraction of sp³-hybridized carbons (Fsp3) is 0.278. The van der Waals surface area contributed by atoms with Crippen LogP contribution in [-0.4, -0.2) is 27.5 Å². The minimum absolute atomic E-state index is 0.118. The van der Waals surface area contributed by atoms with Gasteiger partial charge in [0.05, 0.1) is 11.5 Å². The lowest BCUT2D eigenvalue weighted by Gasteiger charge is -2.09. The molecule has 0 radical (unpaired) electrons. The number of carbonyl (C=O) groups excluding carboxylic acids is 1. The van der Waals surface area contributed by atoms with E-state index in [-0.39, 0.29) is 17.3 Å². The first kappa shape index (κ1) is 19.0. The van der Waals surface area contributed by atoms with Crippen LogP contribution in [0.5, 0.6) is 5.75 Å². The Morgan fingerprint density at radius 1 is 1.04 bits per heavy atom. The molecular formula is C18H22N2O4S. The molecule has 0 fully saturated rings. The van der Waals surface area contributed by atoms with E-state index in [1.807, 2.05) is 30.3 Å². The zero-order valence-corrected chi connectivity index (χ0v) is 14.9. The molecule has 0 unspecified atom stereocenters. The number of ether oxygens (including phenoxy) is 1. The number of nitrogens with one attached hydrogen (secondary N) is 2. The van der Waals surface area contributed by atoms with Crippen LogP contribution in [0.25, 0.3) is 0 Å². The fourth-order valence-corrected chi connectivity index (χ4v) is 3.11. The Morgan fingerprint density at radius 2 is 1.72 bits per heavy atom. The number of amides is 1. The van der Waals surface area contributed by atoms with Gasteiger partial charge in [0, 0.05) is 18.7 Å². The van der Waals surface area contributed by atoms with Gasteiger partial charge in [-0.05, 0) is 42.8 Å². The van der Waals surface area contributed by atoms with Crippen molar-refractivity contribution in [2.45, 2.75) is 24.7 Å². The Morgan fingerprint density at radius 3 is 2.36 bits per heavy atom. The molecule has 0 heterocycles. The van der Waals surface area contributed by atoms with Crippen molar-refractivity contribution in [3.05, 3.63) is 54.6 Å². The maximum absolute atomic E-state index is 12.2. The molecule has 0 saturated carbocycles. The number of anilines is 1. The van der Waals surface area contributed by atoms with E-state index in [2.05, 4.69) is 10.0 Å². The average molecular weight is 362 g/mol. The first-order chi connectivity index (χ1) is 12.0. The molecule has 0 aliphatic heterocycles. The van der Waals surface area contributed by atoms with Crippen molar-refractivity contribution in [2.75, 3.05) is 18.5 Å². The molecule has 0 aliphatic rings. The van der Waals surface area contributed by atoms with Crippen LogP contribution in [0.4, 0.5) is 5.69 Å². The summed E-state index contributed by atoms with van der Waals surface area (Å²) in [7, 11) is -3.57. The van der Waals surface area contributed by atoms with Crippen molar-refractivity contribution < 1.29 is 17.9 Å². The third kappa shape index (κ3) is 6.21. The second kappa shape index (κ2) is 9.19. The van der Waals surface area contributed by atoms with Crippen molar-refractivity contribution in [1.29, 1.82) is 0 Å². The van der Waals surface area contributed by atoms with E-state index in [1.54, 1.807) is 19.1 Å². The highest BCUT2D eigenvalue weighted by molar-refractivity contribution is 7.89. The van der Waals surface area contributed by atoms with Gasteiger partial charge in [0.1, 0.15) is 5.75 Å². The SMILES string of the molecule is CCC(=O)Nc1ccc(S(=O)(=O)NCCCOc2ccccc2)cc1.